The number of hydrogen-bond donors (Lipinski definition) is 3. The molecule has 0 fully saturated rings. The van der Waals surface area contributed by atoms with Crippen LogP contribution in [0, 0.1) is 0 Å². The summed E-state index contributed by atoms with van der Waals surface area (Å²) in [5, 5.41) is 7.37. The van der Waals surface area contributed by atoms with E-state index in [-0.39, 0.29) is 10.4 Å². The standard InChI is InChI=1S/C11H13N3O4S2/c1-17-10(15)14-9(19)12-7-5-3-4-6-8(7)13-11(16)20-18-2/h3-6H,1-2H3,(H,13,16)(H2,12,14,15,19). The number of thiocarbonyl (C=S) groups is 1. The first kappa shape index (κ1) is 16.2. The zero-order valence-electron chi connectivity index (χ0n) is 10.8. The van der Waals surface area contributed by atoms with Crippen LogP contribution in [0.15, 0.2) is 24.3 Å². The lowest BCUT2D eigenvalue weighted by molar-refractivity contribution is 0.177. The Hall–Kier alpha value is -1.84. The van der Waals surface area contributed by atoms with Crippen molar-refractivity contribution in [1.29, 1.82) is 0 Å². The smallest absolute Gasteiger partial charge is 0.413 e. The molecule has 0 aromatic heterocycles. The van der Waals surface area contributed by atoms with Crippen molar-refractivity contribution in [3.63, 3.8) is 0 Å². The first-order chi connectivity index (χ1) is 9.56. The first-order valence-electron chi connectivity index (χ1n) is 5.33. The summed E-state index contributed by atoms with van der Waals surface area (Å²) < 4.78 is 9.07. The molecule has 0 unspecified atom stereocenters. The van der Waals surface area contributed by atoms with Crippen LogP contribution in [0.5, 0.6) is 0 Å². The van der Waals surface area contributed by atoms with Crippen molar-refractivity contribution in [2.45, 2.75) is 0 Å². The highest BCUT2D eigenvalue weighted by Crippen LogP contribution is 2.22. The molecule has 0 radical (unpaired) electrons. The largest absolute Gasteiger partial charge is 0.453 e. The zero-order chi connectivity index (χ0) is 15.0. The minimum Gasteiger partial charge on any atom is -0.453 e. The fourth-order valence-corrected chi connectivity index (χ4v) is 1.70. The van der Waals surface area contributed by atoms with Crippen LogP contribution in [0.1, 0.15) is 0 Å². The van der Waals surface area contributed by atoms with E-state index in [2.05, 4.69) is 24.9 Å². The molecule has 7 nitrogen and oxygen atoms in total. The molecule has 0 saturated carbocycles. The van der Waals surface area contributed by atoms with Gasteiger partial charge in [-0.05, 0) is 24.4 Å². The topological polar surface area (TPSA) is 88.7 Å². The Kier molecular flexibility index (Phi) is 6.77. The molecular formula is C11H13N3O4S2. The van der Waals surface area contributed by atoms with Crippen molar-refractivity contribution in [1.82, 2.24) is 5.32 Å². The Labute approximate surface area is 125 Å². The van der Waals surface area contributed by atoms with Crippen LogP contribution < -0.4 is 16.0 Å². The van der Waals surface area contributed by atoms with Crippen LogP contribution in [0.2, 0.25) is 0 Å². The van der Waals surface area contributed by atoms with Gasteiger partial charge in [0.1, 0.15) is 0 Å². The van der Waals surface area contributed by atoms with E-state index in [1.54, 1.807) is 24.3 Å². The van der Waals surface area contributed by atoms with Gasteiger partial charge in [0, 0.05) is 0 Å². The number of hydrogen-bond acceptors (Lipinski definition) is 6. The van der Waals surface area contributed by atoms with Gasteiger partial charge in [0.2, 0.25) is 0 Å². The Balaban J connectivity index is 2.72. The molecule has 0 heterocycles. The third kappa shape index (κ3) is 5.43. The Morgan fingerprint density at radius 3 is 2.30 bits per heavy atom. The van der Waals surface area contributed by atoms with Gasteiger partial charge in [-0.2, -0.15) is 0 Å². The van der Waals surface area contributed by atoms with Crippen molar-refractivity contribution in [2.75, 3.05) is 24.9 Å². The number of nitrogens with one attached hydrogen (secondary N) is 3. The lowest BCUT2D eigenvalue weighted by Crippen LogP contribution is -2.34. The number of rotatable bonds is 3. The number of ether oxygens (including phenoxy) is 1. The predicted octanol–water partition coefficient (Wildman–Crippen LogP) is 2.57. The van der Waals surface area contributed by atoms with Gasteiger partial charge in [-0.1, -0.05) is 12.1 Å². The lowest BCUT2D eigenvalue weighted by Gasteiger charge is -2.13. The molecule has 1 aromatic carbocycles. The minimum atomic E-state index is -0.682. The molecule has 1 aromatic rings. The van der Waals surface area contributed by atoms with E-state index in [1.165, 1.54) is 14.2 Å². The van der Waals surface area contributed by atoms with Gasteiger partial charge in [-0.3, -0.25) is 10.1 Å². The quantitative estimate of drug-likeness (QED) is 0.583. The fraction of sp³-hybridized carbons (Fsp3) is 0.182. The molecule has 0 aliphatic rings. The van der Waals surface area contributed by atoms with Gasteiger partial charge >= 0.3 is 11.3 Å². The van der Waals surface area contributed by atoms with E-state index in [0.29, 0.717) is 23.4 Å². The van der Waals surface area contributed by atoms with E-state index in [9.17, 15) is 9.59 Å². The summed E-state index contributed by atoms with van der Waals surface area (Å²) >= 11 is 5.60. The minimum absolute atomic E-state index is 0.0537. The number of anilines is 2. The predicted molar refractivity (Wildman–Crippen MR) is 81.8 cm³/mol. The van der Waals surface area contributed by atoms with Crippen LogP contribution in [0.25, 0.3) is 0 Å². The molecule has 0 bridgehead atoms. The maximum Gasteiger partial charge on any atom is 0.413 e. The molecule has 3 N–H and O–H groups in total. The molecule has 1 rings (SSSR count). The normalized spacial score (nSPS) is 9.50. The number of carbonyl (C=O) groups excluding carboxylic acids is 2. The number of methoxy groups -OCH3 is 1. The second kappa shape index (κ2) is 8.35. The van der Waals surface area contributed by atoms with Crippen LogP contribution in [0.4, 0.5) is 21.0 Å². The zero-order valence-corrected chi connectivity index (χ0v) is 12.4. The number of benzene rings is 1. The van der Waals surface area contributed by atoms with Crippen LogP contribution in [-0.4, -0.2) is 30.7 Å². The van der Waals surface area contributed by atoms with Gasteiger partial charge in [-0.25, -0.2) is 4.79 Å². The second-order valence-electron chi connectivity index (χ2n) is 3.28. The average Bonchev–Trinajstić information content (AvgIpc) is 2.41. The highest BCUT2D eigenvalue weighted by Gasteiger charge is 2.09. The summed E-state index contributed by atoms with van der Waals surface area (Å²) in [6, 6.07) is 6.87. The Bertz CT molecular complexity index is 510. The van der Waals surface area contributed by atoms with Gasteiger partial charge < -0.3 is 19.6 Å². The van der Waals surface area contributed by atoms with Crippen molar-refractivity contribution in [3.8, 4) is 0 Å². The molecule has 20 heavy (non-hydrogen) atoms. The Morgan fingerprint density at radius 1 is 1.15 bits per heavy atom. The van der Waals surface area contributed by atoms with E-state index >= 15 is 0 Å². The molecule has 108 valence electrons. The fourth-order valence-electron chi connectivity index (χ4n) is 1.20. The van der Waals surface area contributed by atoms with Crippen molar-refractivity contribution in [2.24, 2.45) is 0 Å². The van der Waals surface area contributed by atoms with Crippen molar-refractivity contribution < 1.29 is 18.5 Å². The summed E-state index contributed by atoms with van der Waals surface area (Å²) in [4.78, 5) is 22.5. The third-order valence-corrected chi connectivity index (χ3v) is 2.60. The van der Waals surface area contributed by atoms with Gasteiger partial charge in [-0.15, -0.1) is 0 Å². The molecule has 0 saturated heterocycles. The maximum atomic E-state index is 11.5. The number of carbonyl (C=O) groups is 2. The maximum absolute atomic E-state index is 11.5. The van der Waals surface area contributed by atoms with E-state index in [1.807, 2.05) is 0 Å². The van der Waals surface area contributed by atoms with E-state index < -0.39 is 6.09 Å². The number of para-hydroxylation sites is 2. The highest BCUT2D eigenvalue weighted by molar-refractivity contribution is 8.09. The molecular weight excluding hydrogens is 302 g/mol. The number of amides is 2. The van der Waals surface area contributed by atoms with E-state index in [0.717, 1.165) is 0 Å². The lowest BCUT2D eigenvalue weighted by atomic mass is 10.2. The van der Waals surface area contributed by atoms with Gasteiger partial charge in [0.25, 0.3) is 0 Å². The Morgan fingerprint density at radius 2 is 1.75 bits per heavy atom. The summed E-state index contributed by atoms with van der Waals surface area (Å²) in [6.07, 6.45) is -0.682. The first-order valence-corrected chi connectivity index (χ1v) is 6.48. The molecule has 0 atom stereocenters. The van der Waals surface area contributed by atoms with Crippen molar-refractivity contribution >= 4 is 52.1 Å². The SMILES string of the molecule is COSC(=O)Nc1ccccc1NC(=S)NC(=O)OC. The van der Waals surface area contributed by atoms with E-state index in [4.69, 9.17) is 12.2 Å². The summed E-state index contributed by atoms with van der Waals surface area (Å²) in [5.41, 5.74) is 1.02. The molecule has 0 aliphatic carbocycles. The summed E-state index contributed by atoms with van der Waals surface area (Å²) in [5.74, 6) is 0. The van der Waals surface area contributed by atoms with Crippen molar-refractivity contribution in [3.05, 3.63) is 24.3 Å². The molecule has 0 spiro atoms. The van der Waals surface area contributed by atoms with Gasteiger partial charge in [0.05, 0.1) is 37.6 Å². The van der Waals surface area contributed by atoms with Crippen LogP contribution in [-0.2, 0) is 8.92 Å². The molecule has 0 aliphatic heterocycles. The van der Waals surface area contributed by atoms with Gasteiger partial charge in [0.15, 0.2) is 5.11 Å². The summed E-state index contributed by atoms with van der Waals surface area (Å²) in [6.45, 7) is 0. The third-order valence-electron chi connectivity index (χ3n) is 1.97. The second-order valence-corrected chi connectivity index (χ2v) is 4.56. The highest BCUT2D eigenvalue weighted by atomic mass is 32.2. The monoisotopic (exact) mass is 315 g/mol. The van der Waals surface area contributed by atoms with Crippen LogP contribution >= 0.6 is 24.3 Å². The molecule has 2 amide bonds. The number of alkyl carbamates (subject to hydrolysis) is 1. The molecule has 9 heteroatoms. The van der Waals surface area contributed by atoms with Crippen LogP contribution in [0.3, 0.4) is 0 Å². The average molecular weight is 315 g/mol. The summed E-state index contributed by atoms with van der Waals surface area (Å²) in [7, 11) is 2.62.